The minimum atomic E-state index is -1.01. The predicted molar refractivity (Wildman–Crippen MR) is 50.0 cm³/mol. The third kappa shape index (κ3) is 1.71. The second-order valence-corrected chi connectivity index (χ2v) is 3.84. The van der Waals surface area contributed by atoms with Crippen LogP contribution in [0.5, 0.6) is 0 Å². The van der Waals surface area contributed by atoms with E-state index < -0.39 is 22.1 Å². The van der Waals surface area contributed by atoms with Gasteiger partial charge in [0.25, 0.3) is 0 Å². The summed E-state index contributed by atoms with van der Waals surface area (Å²) in [5.41, 5.74) is -0.909. The molecule has 4 heteroatoms. The van der Waals surface area contributed by atoms with Crippen LogP contribution in [0.1, 0.15) is 19.4 Å². The Labute approximate surface area is 85.9 Å². The summed E-state index contributed by atoms with van der Waals surface area (Å²) in [6, 6.07) is 4.22. The van der Waals surface area contributed by atoms with Crippen LogP contribution >= 0.6 is 11.6 Å². The number of hydrogen-bond donors (Lipinski definition) is 0. The molecule has 0 aliphatic carbocycles. The zero-order chi connectivity index (χ0) is 10.9. The molecule has 0 atom stereocenters. The molecule has 74 valence electrons. The summed E-state index contributed by atoms with van der Waals surface area (Å²) in [7, 11) is 0. The van der Waals surface area contributed by atoms with E-state index >= 15 is 0 Å². The Kier molecular flexibility index (Phi) is 2.77. The van der Waals surface area contributed by atoms with Crippen LogP contribution < -0.4 is 0 Å². The molecular weight excluding hydrogens is 208 g/mol. The molecule has 14 heavy (non-hydrogen) atoms. The minimum absolute atomic E-state index is 0.103. The van der Waals surface area contributed by atoms with Gasteiger partial charge in [0.05, 0.1) is 11.5 Å². The van der Waals surface area contributed by atoms with Crippen LogP contribution in [0.2, 0.25) is 5.02 Å². The first kappa shape index (κ1) is 10.9. The molecule has 0 bridgehead atoms. The van der Waals surface area contributed by atoms with Crippen molar-refractivity contribution in [3.63, 3.8) is 0 Å². The molecule has 1 aromatic rings. The molecular formula is C10H8ClF2N. The van der Waals surface area contributed by atoms with Crippen molar-refractivity contribution in [2.24, 2.45) is 0 Å². The molecule has 0 saturated heterocycles. The normalized spacial score (nSPS) is 11.1. The van der Waals surface area contributed by atoms with E-state index in [4.69, 9.17) is 16.9 Å². The van der Waals surface area contributed by atoms with Gasteiger partial charge in [-0.3, -0.25) is 0 Å². The lowest BCUT2D eigenvalue weighted by Gasteiger charge is -2.17. The molecule has 1 nitrogen and oxygen atoms in total. The van der Waals surface area contributed by atoms with Crippen LogP contribution in [-0.2, 0) is 5.41 Å². The Hall–Kier alpha value is -1.14. The average molecular weight is 216 g/mol. The third-order valence-electron chi connectivity index (χ3n) is 1.99. The van der Waals surface area contributed by atoms with Gasteiger partial charge < -0.3 is 0 Å². The Balaban J connectivity index is 3.41. The maximum Gasteiger partial charge on any atom is 0.149 e. The fourth-order valence-corrected chi connectivity index (χ4v) is 1.23. The highest BCUT2D eigenvalue weighted by atomic mass is 35.5. The predicted octanol–water partition coefficient (Wildman–Crippen LogP) is 3.42. The summed E-state index contributed by atoms with van der Waals surface area (Å²) in [6.07, 6.45) is 0. The van der Waals surface area contributed by atoms with Crippen molar-refractivity contribution in [1.29, 1.82) is 5.26 Å². The molecule has 0 heterocycles. The Morgan fingerprint density at radius 3 is 2.43 bits per heavy atom. The van der Waals surface area contributed by atoms with E-state index in [0.29, 0.717) is 0 Å². The molecule has 0 aliphatic heterocycles. The quantitative estimate of drug-likeness (QED) is 0.659. The second-order valence-electron chi connectivity index (χ2n) is 3.46. The van der Waals surface area contributed by atoms with Gasteiger partial charge in [0.2, 0.25) is 0 Å². The van der Waals surface area contributed by atoms with Crippen molar-refractivity contribution in [3.8, 4) is 6.07 Å². The molecule has 0 unspecified atom stereocenters. The van der Waals surface area contributed by atoms with E-state index in [9.17, 15) is 8.78 Å². The fourth-order valence-electron chi connectivity index (χ4n) is 1.07. The van der Waals surface area contributed by atoms with Gasteiger partial charge in [-0.05, 0) is 19.9 Å². The monoisotopic (exact) mass is 215 g/mol. The van der Waals surface area contributed by atoms with Gasteiger partial charge in [-0.25, -0.2) is 8.78 Å². The van der Waals surface area contributed by atoms with E-state index in [1.54, 1.807) is 13.8 Å². The summed E-state index contributed by atoms with van der Waals surface area (Å²) in [6.45, 7) is 3.08. The largest absolute Gasteiger partial charge is 0.205 e. The summed E-state index contributed by atoms with van der Waals surface area (Å²) >= 11 is 5.39. The smallest absolute Gasteiger partial charge is 0.149 e. The van der Waals surface area contributed by atoms with Crippen LogP contribution in [0.3, 0.4) is 0 Å². The molecule has 0 amide bonds. The Bertz CT molecular complexity index is 407. The molecule has 0 aliphatic rings. The minimum Gasteiger partial charge on any atom is -0.205 e. The molecule has 0 fully saturated rings. The third-order valence-corrected chi connectivity index (χ3v) is 2.33. The first-order valence-electron chi connectivity index (χ1n) is 3.95. The molecule has 1 rings (SSSR count). The maximum absolute atomic E-state index is 13.4. The molecule has 0 spiro atoms. The first-order chi connectivity index (χ1) is 6.40. The maximum atomic E-state index is 13.4. The SMILES string of the molecule is CC(C)(C#N)c1ccc(F)c(Cl)c1F. The highest BCUT2D eigenvalue weighted by molar-refractivity contribution is 6.31. The van der Waals surface area contributed by atoms with Crippen LogP contribution in [0.25, 0.3) is 0 Å². The summed E-state index contributed by atoms with van der Waals surface area (Å²) in [4.78, 5) is 0. The van der Waals surface area contributed by atoms with Crippen molar-refractivity contribution >= 4 is 11.6 Å². The van der Waals surface area contributed by atoms with Gasteiger partial charge in [0.15, 0.2) is 0 Å². The zero-order valence-electron chi connectivity index (χ0n) is 7.74. The van der Waals surface area contributed by atoms with E-state index in [0.717, 1.165) is 6.07 Å². The topological polar surface area (TPSA) is 23.8 Å². The lowest BCUT2D eigenvalue weighted by molar-refractivity contribution is 0.543. The van der Waals surface area contributed by atoms with E-state index in [2.05, 4.69) is 0 Å². The second kappa shape index (κ2) is 3.55. The summed E-state index contributed by atoms with van der Waals surface area (Å²) < 4.78 is 26.2. The zero-order valence-corrected chi connectivity index (χ0v) is 8.49. The summed E-state index contributed by atoms with van der Waals surface area (Å²) in [5.74, 6) is -1.68. The number of halogens is 3. The molecule has 0 radical (unpaired) electrons. The number of benzene rings is 1. The number of rotatable bonds is 1. The lowest BCUT2D eigenvalue weighted by Crippen LogP contribution is -2.16. The van der Waals surface area contributed by atoms with E-state index in [1.807, 2.05) is 6.07 Å². The van der Waals surface area contributed by atoms with Crippen LogP contribution in [-0.4, -0.2) is 0 Å². The Morgan fingerprint density at radius 2 is 1.93 bits per heavy atom. The van der Waals surface area contributed by atoms with E-state index in [-0.39, 0.29) is 5.56 Å². The van der Waals surface area contributed by atoms with Crippen molar-refractivity contribution in [2.45, 2.75) is 19.3 Å². The highest BCUT2D eigenvalue weighted by Gasteiger charge is 2.26. The number of nitriles is 1. The van der Waals surface area contributed by atoms with Gasteiger partial charge >= 0.3 is 0 Å². The van der Waals surface area contributed by atoms with Gasteiger partial charge in [-0.15, -0.1) is 0 Å². The molecule has 0 N–H and O–H groups in total. The molecule has 0 saturated carbocycles. The van der Waals surface area contributed by atoms with E-state index in [1.165, 1.54) is 6.07 Å². The highest BCUT2D eigenvalue weighted by Crippen LogP contribution is 2.30. The number of hydrogen-bond acceptors (Lipinski definition) is 1. The van der Waals surface area contributed by atoms with Crippen LogP contribution in [0.15, 0.2) is 12.1 Å². The van der Waals surface area contributed by atoms with Gasteiger partial charge in [-0.2, -0.15) is 5.26 Å². The van der Waals surface area contributed by atoms with Crippen LogP contribution in [0.4, 0.5) is 8.78 Å². The fraction of sp³-hybridized carbons (Fsp3) is 0.300. The van der Waals surface area contributed by atoms with Crippen LogP contribution in [0, 0.1) is 23.0 Å². The van der Waals surface area contributed by atoms with Gasteiger partial charge in [-0.1, -0.05) is 17.7 Å². The number of nitrogens with zero attached hydrogens (tertiary/aromatic N) is 1. The van der Waals surface area contributed by atoms with Gasteiger partial charge in [0, 0.05) is 5.56 Å². The summed E-state index contributed by atoms with van der Waals surface area (Å²) in [5, 5.41) is 8.21. The van der Waals surface area contributed by atoms with Crippen molar-refractivity contribution in [1.82, 2.24) is 0 Å². The average Bonchev–Trinajstić information content (AvgIpc) is 2.14. The standard InChI is InChI=1S/C10H8ClF2N/c1-10(2,5-14)6-3-4-7(12)8(11)9(6)13/h3-4H,1-2H3. The van der Waals surface area contributed by atoms with Crippen molar-refractivity contribution in [2.75, 3.05) is 0 Å². The molecule has 0 aromatic heterocycles. The Morgan fingerprint density at radius 1 is 1.36 bits per heavy atom. The first-order valence-corrected chi connectivity index (χ1v) is 4.33. The molecule has 1 aromatic carbocycles. The van der Waals surface area contributed by atoms with Gasteiger partial charge in [0.1, 0.15) is 16.7 Å². The van der Waals surface area contributed by atoms with Crippen molar-refractivity contribution < 1.29 is 8.78 Å². The lowest BCUT2D eigenvalue weighted by atomic mass is 9.86. The van der Waals surface area contributed by atoms with Crippen molar-refractivity contribution in [3.05, 3.63) is 34.4 Å².